The first-order valence-electron chi connectivity index (χ1n) is 5.82. The molecule has 1 heterocycles. The molecule has 4 N–H and O–H groups in total. The van der Waals surface area contributed by atoms with Gasteiger partial charge in [-0.25, -0.2) is 4.39 Å². The van der Waals surface area contributed by atoms with E-state index in [0.29, 0.717) is 31.5 Å². The van der Waals surface area contributed by atoms with Gasteiger partial charge in [-0.3, -0.25) is 0 Å². The third-order valence-corrected chi connectivity index (χ3v) is 3.15. The van der Waals surface area contributed by atoms with Gasteiger partial charge in [0.2, 0.25) is 0 Å². The molecule has 0 radical (unpaired) electrons. The molecule has 18 heavy (non-hydrogen) atoms. The van der Waals surface area contributed by atoms with Crippen molar-refractivity contribution in [2.45, 2.75) is 18.9 Å². The molecular weight excluding hydrogens is 237 g/mol. The normalized spacial score (nSPS) is 18.1. The number of amidine groups is 1. The van der Waals surface area contributed by atoms with Crippen LogP contribution in [0.5, 0.6) is 0 Å². The van der Waals surface area contributed by atoms with Crippen LogP contribution in [0, 0.1) is 5.82 Å². The number of halogens is 1. The maximum absolute atomic E-state index is 13.2. The largest absolute Gasteiger partial charge is 0.409 e. The van der Waals surface area contributed by atoms with Crippen molar-refractivity contribution in [2.24, 2.45) is 10.9 Å². The number of piperidine rings is 1. The van der Waals surface area contributed by atoms with E-state index in [-0.39, 0.29) is 11.9 Å². The Morgan fingerprint density at radius 2 is 2.06 bits per heavy atom. The Balaban J connectivity index is 2.32. The van der Waals surface area contributed by atoms with Crippen molar-refractivity contribution in [1.29, 1.82) is 0 Å². The second-order valence-electron chi connectivity index (χ2n) is 4.36. The van der Waals surface area contributed by atoms with Crippen molar-refractivity contribution < 1.29 is 14.7 Å². The number of oxime groups is 1. The number of hydrogen-bond acceptors (Lipinski definition) is 4. The highest BCUT2D eigenvalue weighted by Gasteiger charge is 2.20. The van der Waals surface area contributed by atoms with Crippen LogP contribution in [0.15, 0.2) is 23.4 Å². The second-order valence-corrected chi connectivity index (χ2v) is 4.36. The van der Waals surface area contributed by atoms with E-state index < -0.39 is 5.82 Å². The minimum Gasteiger partial charge on any atom is -0.409 e. The molecule has 1 aliphatic heterocycles. The third-order valence-electron chi connectivity index (χ3n) is 3.15. The molecule has 1 aromatic rings. The molecule has 98 valence electrons. The molecule has 0 saturated carbocycles. The zero-order valence-corrected chi connectivity index (χ0v) is 9.88. The van der Waals surface area contributed by atoms with Crippen LogP contribution in [-0.4, -0.2) is 35.3 Å². The molecule has 1 aliphatic rings. The van der Waals surface area contributed by atoms with Crippen molar-refractivity contribution >= 4 is 11.5 Å². The molecule has 1 aromatic carbocycles. The maximum atomic E-state index is 13.2. The van der Waals surface area contributed by atoms with Crippen LogP contribution in [-0.2, 0) is 0 Å². The highest BCUT2D eigenvalue weighted by Crippen LogP contribution is 2.25. The predicted octanol–water partition coefficient (Wildman–Crippen LogP) is 0.881. The smallest absolute Gasteiger partial charge is 0.172 e. The summed E-state index contributed by atoms with van der Waals surface area (Å²) in [6.07, 6.45) is 1.04. The van der Waals surface area contributed by atoms with Crippen molar-refractivity contribution in [3.05, 3.63) is 29.6 Å². The number of benzene rings is 1. The summed E-state index contributed by atoms with van der Waals surface area (Å²) in [6.45, 7) is 1.33. The maximum Gasteiger partial charge on any atom is 0.172 e. The molecule has 0 aliphatic carbocycles. The van der Waals surface area contributed by atoms with Gasteiger partial charge in [0.1, 0.15) is 5.82 Å². The summed E-state index contributed by atoms with van der Waals surface area (Å²) in [4.78, 5) is 2.00. The highest BCUT2D eigenvalue weighted by atomic mass is 19.1. The van der Waals surface area contributed by atoms with Crippen molar-refractivity contribution in [1.82, 2.24) is 0 Å². The fourth-order valence-corrected chi connectivity index (χ4v) is 2.15. The van der Waals surface area contributed by atoms with E-state index in [9.17, 15) is 9.50 Å². The lowest BCUT2D eigenvalue weighted by atomic mass is 10.0. The lowest BCUT2D eigenvalue weighted by molar-refractivity contribution is 0.145. The average Bonchev–Trinajstić information content (AvgIpc) is 2.39. The van der Waals surface area contributed by atoms with Gasteiger partial charge in [0.25, 0.3) is 0 Å². The number of nitrogens with two attached hydrogens (primary N) is 1. The summed E-state index contributed by atoms with van der Waals surface area (Å²) in [7, 11) is 0. The molecule has 0 atom stereocenters. The van der Waals surface area contributed by atoms with Gasteiger partial charge in [-0.2, -0.15) is 0 Å². The lowest BCUT2D eigenvalue weighted by Gasteiger charge is -2.32. The summed E-state index contributed by atoms with van der Waals surface area (Å²) in [5.74, 6) is -0.548. The van der Waals surface area contributed by atoms with Crippen LogP contribution >= 0.6 is 0 Å². The fraction of sp³-hybridized carbons (Fsp3) is 0.417. The van der Waals surface area contributed by atoms with E-state index in [1.807, 2.05) is 4.90 Å². The molecule has 0 bridgehead atoms. The minimum absolute atomic E-state index is 0.115. The number of hydrogen-bond donors (Lipinski definition) is 3. The van der Waals surface area contributed by atoms with E-state index in [0.717, 1.165) is 5.69 Å². The molecule has 5 nitrogen and oxygen atoms in total. The van der Waals surface area contributed by atoms with E-state index in [1.54, 1.807) is 6.07 Å². The predicted molar refractivity (Wildman–Crippen MR) is 66.4 cm³/mol. The Bertz CT molecular complexity index is 457. The van der Waals surface area contributed by atoms with E-state index >= 15 is 0 Å². The fourth-order valence-electron chi connectivity index (χ4n) is 2.15. The van der Waals surface area contributed by atoms with Gasteiger partial charge >= 0.3 is 0 Å². The first-order valence-corrected chi connectivity index (χ1v) is 5.82. The van der Waals surface area contributed by atoms with Crippen molar-refractivity contribution in [3.8, 4) is 0 Å². The molecule has 6 heteroatoms. The number of aliphatic hydroxyl groups excluding tert-OH is 1. The summed E-state index contributed by atoms with van der Waals surface area (Å²) in [5.41, 5.74) is 6.65. The van der Waals surface area contributed by atoms with E-state index in [1.165, 1.54) is 12.1 Å². The number of rotatable bonds is 2. The first-order chi connectivity index (χ1) is 8.61. The van der Waals surface area contributed by atoms with Crippen LogP contribution in [0.3, 0.4) is 0 Å². The second kappa shape index (κ2) is 5.22. The molecule has 2 rings (SSSR count). The standard InChI is InChI=1S/C12H16FN3O2/c13-8-1-2-11(10(7-8)12(14)15-18)16-5-3-9(17)4-6-16/h1-2,7,9,17-18H,3-6H2,(H2,14,15). The Kier molecular flexibility index (Phi) is 3.66. The molecule has 0 spiro atoms. The van der Waals surface area contributed by atoms with Gasteiger partial charge in [-0.15, -0.1) is 0 Å². The molecule has 1 fully saturated rings. The van der Waals surface area contributed by atoms with E-state index in [4.69, 9.17) is 10.9 Å². The Morgan fingerprint density at radius 3 is 2.67 bits per heavy atom. The molecule has 0 amide bonds. The third kappa shape index (κ3) is 2.53. The van der Waals surface area contributed by atoms with Crippen LogP contribution in [0.4, 0.5) is 10.1 Å². The Morgan fingerprint density at radius 1 is 1.39 bits per heavy atom. The monoisotopic (exact) mass is 253 g/mol. The highest BCUT2D eigenvalue weighted by molar-refractivity contribution is 6.02. The lowest BCUT2D eigenvalue weighted by Crippen LogP contribution is -2.37. The summed E-state index contributed by atoms with van der Waals surface area (Å²) in [5, 5.41) is 21.1. The number of aliphatic hydroxyl groups is 1. The topological polar surface area (TPSA) is 82.1 Å². The van der Waals surface area contributed by atoms with Gasteiger partial charge in [0, 0.05) is 24.3 Å². The minimum atomic E-state index is -0.433. The SMILES string of the molecule is NC(=NO)c1cc(F)ccc1N1CCC(O)CC1. The van der Waals surface area contributed by atoms with Crippen LogP contribution in [0.1, 0.15) is 18.4 Å². The van der Waals surface area contributed by atoms with Crippen LogP contribution in [0.25, 0.3) is 0 Å². The van der Waals surface area contributed by atoms with Crippen molar-refractivity contribution in [3.63, 3.8) is 0 Å². The van der Waals surface area contributed by atoms with Crippen molar-refractivity contribution in [2.75, 3.05) is 18.0 Å². The number of anilines is 1. The number of nitrogens with zero attached hydrogens (tertiary/aromatic N) is 2. The molecule has 0 unspecified atom stereocenters. The molecular formula is C12H16FN3O2. The quantitative estimate of drug-likeness (QED) is 0.316. The van der Waals surface area contributed by atoms with E-state index in [2.05, 4.69) is 5.16 Å². The zero-order valence-electron chi connectivity index (χ0n) is 9.88. The van der Waals surface area contributed by atoms with Crippen LogP contribution in [0.2, 0.25) is 0 Å². The summed E-state index contributed by atoms with van der Waals surface area (Å²) < 4.78 is 13.2. The van der Waals surface area contributed by atoms with Gasteiger partial charge < -0.3 is 20.9 Å². The van der Waals surface area contributed by atoms with Gasteiger partial charge in [-0.05, 0) is 31.0 Å². The van der Waals surface area contributed by atoms with Gasteiger partial charge in [0.05, 0.1) is 6.10 Å². The summed E-state index contributed by atoms with van der Waals surface area (Å²) in [6, 6.07) is 4.20. The van der Waals surface area contributed by atoms with Gasteiger partial charge in [0.15, 0.2) is 5.84 Å². The first kappa shape index (κ1) is 12.6. The average molecular weight is 253 g/mol. The van der Waals surface area contributed by atoms with Gasteiger partial charge in [-0.1, -0.05) is 5.16 Å². The summed E-state index contributed by atoms with van der Waals surface area (Å²) >= 11 is 0. The Labute approximate surface area is 104 Å². The molecule has 1 saturated heterocycles. The zero-order chi connectivity index (χ0) is 13.1. The Hall–Kier alpha value is -1.82. The van der Waals surface area contributed by atoms with Crippen LogP contribution < -0.4 is 10.6 Å². The molecule has 0 aromatic heterocycles.